The van der Waals surface area contributed by atoms with Crippen molar-refractivity contribution in [2.45, 2.75) is 12.4 Å². The summed E-state index contributed by atoms with van der Waals surface area (Å²) in [6, 6.07) is 11.5. The number of carbonyl (C=O) groups excluding carboxylic acids is 1. The molecule has 0 saturated carbocycles. The zero-order valence-corrected chi connectivity index (χ0v) is 11.4. The van der Waals surface area contributed by atoms with Crippen molar-refractivity contribution in [3.63, 3.8) is 0 Å². The van der Waals surface area contributed by atoms with E-state index in [4.69, 9.17) is 11.6 Å². The van der Waals surface area contributed by atoms with Crippen LogP contribution in [0.2, 0.25) is 0 Å². The smallest absolute Gasteiger partial charge is 0.251 e. The summed E-state index contributed by atoms with van der Waals surface area (Å²) in [5.41, 5.74) is 2.22. The van der Waals surface area contributed by atoms with Crippen LogP contribution in [0.5, 0.6) is 11.5 Å². The maximum absolute atomic E-state index is 11.9. The Morgan fingerprint density at radius 1 is 1.05 bits per heavy atom. The van der Waals surface area contributed by atoms with E-state index < -0.39 is 0 Å². The van der Waals surface area contributed by atoms with Crippen LogP contribution in [0.4, 0.5) is 0 Å². The summed E-state index contributed by atoms with van der Waals surface area (Å²) < 4.78 is 0. The van der Waals surface area contributed by atoms with Gasteiger partial charge in [-0.3, -0.25) is 4.79 Å². The maximum atomic E-state index is 11.9. The minimum Gasteiger partial charge on any atom is -0.504 e. The molecule has 0 radical (unpaired) electrons. The van der Waals surface area contributed by atoms with Crippen LogP contribution in [0.25, 0.3) is 0 Å². The van der Waals surface area contributed by atoms with Gasteiger partial charge in [0.25, 0.3) is 5.91 Å². The molecule has 2 aromatic rings. The van der Waals surface area contributed by atoms with Gasteiger partial charge in [-0.15, -0.1) is 11.6 Å². The van der Waals surface area contributed by atoms with Crippen LogP contribution in [0.1, 0.15) is 21.5 Å². The molecule has 0 heterocycles. The average Bonchev–Trinajstić information content (AvgIpc) is 2.47. The molecule has 0 atom stereocenters. The molecule has 0 spiro atoms. The molecule has 104 valence electrons. The van der Waals surface area contributed by atoms with Crippen molar-refractivity contribution in [1.82, 2.24) is 5.32 Å². The van der Waals surface area contributed by atoms with Crippen LogP contribution in [-0.4, -0.2) is 16.1 Å². The molecular weight excluding hydrogens is 278 g/mol. The number of rotatable bonds is 4. The molecular formula is C15H14ClNO3. The number of amides is 1. The number of alkyl halides is 1. The summed E-state index contributed by atoms with van der Waals surface area (Å²) in [4.78, 5) is 11.9. The lowest BCUT2D eigenvalue weighted by Gasteiger charge is -2.07. The standard InChI is InChI=1S/C15H14ClNO3/c16-8-10-2-1-3-11(6-10)9-17-15(20)12-4-5-13(18)14(19)7-12/h1-7,18-19H,8-9H2,(H,17,20). The van der Waals surface area contributed by atoms with Crippen molar-refractivity contribution < 1.29 is 15.0 Å². The van der Waals surface area contributed by atoms with Gasteiger partial charge in [-0.05, 0) is 29.3 Å². The number of halogens is 1. The minimum atomic E-state index is -0.323. The Morgan fingerprint density at radius 3 is 2.50 bits per heavy atom. The van der Waals surface area contributed by atoms with Crippen LogP contribution >= 0.6 is 11.6 Å². The Hall–Kier alpha value is -2.20. The van der Waals surface area contributed by atoms with Crippen molar-refractivity contribution in [3.8, 4) is 11.5 Å². The topological polar surface area (TPSA) is 69.6 Å². The molecule has 0 aliphatic heterocycles. The third-order valence-corrected chi connectivity index (χ3v) is 3.14. The van der Waals surface area contributed by atoms with Gasteiger partial charge >= 0.3 is 0 Å². The van der Waals surface area contributed by atoms with Crippen LogP contribution in [0.3, 0.4) is 0 Å². The monoisotopic (exact) mass is 291 g/mol. The first-order chi connectivity index (χ1) is 9.60. The van der Waals surface area contributed by atoms with Crippen LogP contribution in [0, 0.1) is 0 Å². The van der Waals surface area contributed by atoms with E-state index >= 15 is 0 Å². The van der Waals surface area contributed by atoms with Gasteiger partial charge in [0.15, 0.2) is 11.5 Å². The van der Waals surface area contributed by atoms with Gasteiger partial charge in [-0.1, -0.05) is 24.3 Å². The first-order valence-corrected chi connectivity index (χ1v) is 6.57. The number of carbonyl (C=O) groups is 1. The number of hydrogen-bond acceptors (Lipinski definition) is 3. The normalized spacial score (nSPS) is 10.2. The van der Waals surface area contributed by atoms with E-state index in [1.54, 1.807) is 0 Å². The van der Waals surface area contributed by atoms with Crippen LogP contribution in [0.15, 0.2) is 42.5 Å². The molecule has 0 aliphatic rings. The number of aromatic hydroxyl groups is 2. The molecule has 0 unspecified atom stereocenters. The van der Waals surface area contributed by atoms with E-state index in [9.17, 15) is 15.0 Å². The van der Waals surface area contributed by atoms with Gasteiger partial charge < -0.3 is 15.5 Å². The molecule has 5 heteroatoms. The molecule has 3 N–H and O–H groups in total. The average molecular weight is 292 g/mol. The van der Waals surface area contributed by atoms with E-state index in [0.717, 1.165) is 11.1 Å². The number of benzene rings is 2. The zero-order valence-electron chi connectivity index (χ0n) is 10.6. The SMILES string of the molecule is O=C(NCc1cccc(CCl)c1)c1ccc(O)c(O)c1. The predicted molar refractivity (Wildman–Crippen MR) is 76.9 cm³/mol. The lowest BCUT2D eigenvalue weighted by molar-refractivity contribution is 0.0950. The largest absolute Gasteiger partial charge is 0.504 e. The van der Waals surface area contributed by atoms with Gasteiger partial charge in [0.2, 0.25) is 0 Å². The molecule has 0 bridgehead atoms. The second-order valence-corrected chi connectivity index (χ2v) is 4.61. The Morgan fingerprint density at radius 2 is 1.80 bits per heavy atom. The Kier molecular flexibility index (Phi) is 4.48. The van der Waals surface area contributed by atoms with Gasteiger partial charge in [-0.25, -0.2) is 0 Å². The summed E-state index contributed by atoms with van der Waals surface area (Å²) in [5.74, 6) is -0.470. The molecule has 0 aliphatic carbocycles. The number of hydrogen-bond donors (Lipinski definition) is 3. The number of nitrogens with one attached hydrogen (secondary N) is 1. The fourth-order valence-corrected chi connectivity index (χ4v) is 1.94. The summed E-state index contributed by atoms with van der Waals surface area (Å²) in [7, 11) is 0. The molecule has 2 aromatic carbocycles. The van der Waals surface area contributed by atoms with E-state index in [1.807, 2.05) is 24.3 Å². The molecule has 1 amide bonds. The highest BCUT2D eigenvalue weighted by molar-refractivity contribution is 6.17. The first-order valence-electron chi connectivity index (χ1n) is 6.04. The van der Waals surface area contributed by atoms with Crippen molar-refractivity contribution in [2.75, 3.05) is 0 Å². The van der Waals surface area contributed by atoms with E-state index in [0.29, 0.717) is 12.4 Å². The highest BCUT2D eigenvalue weighted by Crippen LogP contribution is 2.24. The third-order valence-electron chi connectivity index (χ3n) is 2.84. The summed E-state index contributed by atoms with van der Waals surface area (Å²) in [6.45, 7) is 0.366. The Labute approximate surface area is 121 Å². The zero-order chi connectivity index (χ0) is 14.5. The van der Waals surface area contributed by atoms with E-state index in [-0.39, 0.29) is 23.0 Å². The second kappa shape index (κ2) is 6.30. The van der Waals surface area contributed by atoms with Gasteiger partial charge in [0, 0.05) is 18.0 Å². The first kappa shape index (κ1) is 14.2. The minimum absolute atomic E-state index is 0.253. The molecule has 4 nitrogen and oxygen atoms in total. The van der Waals surface area contributed by atoms with Crippen molar-refractivity contribution in [2.24, 2.45) is 0 Å². The van der Waals surface area contributed by atoms with E-state index in [1.165, 1.54) is 18.2 Å². The quantitative estimate of drug-likeness (QED) is 0.599. The van der Waals surface area contributed by atoms with Crippen molar-refractivity contribution in [1.29, 1.82) is 0 Å². The fraction of sp³-hybridized carbons (Fsp3) is 0.133. The van der Waals surface area contributed by atoms with Gasteiger partial charge in [-0.2, -0.15) is 0 Å². The molecule has 20 heavy (non-hydrogen) atoms. The third kappa shape index (κ3) is 3.42. The number of phenolic OH excluding ortho intramolecular Hbond substituents is 2. The molecule has 2 rings (SSSR count). The van der Waals surface area contributed by atoms with Gasteiger partial charge in [0.1, 0.15) is 0 Å². The Bertz CT molecular complexity index is 628. The number of phenols is 2. The molecule has 0 aromatic heterocycles. The molecule has 0 saturated heterocycles. The maximum Gasteiger partial charge on any atom is 0.251 e. The lowest BCUT2D eigenvalue weighted by Crippen LogP contribution is -2.22. The summed E-state index contributed by atoms with van der Waals surface area (Å²) >= 11 is 5.75. The lowest BCUT2D eigenvalue weighted by atomic mass is 10.1. The molecule has 0 fully saturated rings. The summed E-state index contributed by atoms with van der Waals surface area (Å²) in [6.07, 6.45) is 0. The van der Waals surface area contributed by atoms with Crippen LogP contribution < -0.4 is 5.32 Å². The van der Waals surface area contributed by atoms with Crippen molar-refractivity contribution in [3.05, 3.63) is 59.2 Å². The second-order valence-electron chi connectivity index (χ2n) is 4.34. The van der Waals surface area contributed by atoms with Crippen LogP contribution in [-0.2, 0) is 12.4 Å². The highest BCUT2D eigenvalue weighted by atomic mass is 35.5. The van der Waals surface area contributed by atoms with E-state index in [2.05, 4.69) is 5.32 Å². The Balaban J connectivity index is 2.02. The highest BCUT2D eigenvalue weighted by Gasteiger charge is 2.08. The summed E-state index contributed by atoms with van der Waals surface area (Å²) in [5, 5.41) is 21.3. The van der Waals surface area contributed by atoms with Crippen molar-refractivity contribution >= 4 is 17.5 Å². The fourth-order valence-electron chi connectivity index (χ4n) is 1.77. The predicted octanol–water partition coefficient (Wildman–Crippen LogP) is 2.77. The van der Waals surface area contributed by atoms with Gasteiger partial charge in [0.05, 0.1) is 0 Å².